The van der Waals surface area contributed by atoms with Gasteiger partial charge in [0.2, 0.25) is 0 Å². The molecule has 0 aliphatic heterocycles. The van der Waals surface area contributed by atoms with Gasteiger partial charge in [-0.05, 0) is 137 Å². The van der Waals surface area contributed by atoms with E-state index in [9.17, 15) is 0 Å². The molecule has 0 radical (unpaired) electrons. The Kier molecular flexibility index (Phi) is 15.8. The third kappa shape index (κ3) is 9.80. The highest BCUT2D eigenvalue weighted by Crippen LogP contribution is 2.46. The van der Waals surface area contributed by atoms with Gasteiger partial charge in [-0.1, -0.05) is 247 Å². The van der Waals surface area contributed by atoms with E-state index in [1.54, 1.807) is 6.08 Å². The van der Waals surface area contributed by atoms with Crippen LogP contribution in [0, 0.1) is 19.8 Å². The van der Waals surface area contributed by atoms with E-state index in [1.165, 1.54) is 110 Å². The third-order valence-corrected chi connectivity index (χ3v) is 12.5. The third-order valence-electron chi connectivity index (χ3n) is 12.5. The summed E-state index contributed by atoms with van der Waals surface area (Å²) in [7, 11) is 0. The van der Waals surface area contributed by atoms with Crippen molar-refractivity contribution in [1.82, 2.24) is 0 Å². The van der Waals surface area contributed by atoms with Crippen molar-refractivity contribution in [2.45, 2.75) is 74.1 Å². The van der Waals surface area contributed by atoms with Crippen molar-refractivity contribution in [3.8, 4) is 22.3 Å². The van der Waals surface area contributed by atoms with Gasteiger partial charge in [0.05, 0.1) is 0 Å². The van der Waals surface area contributed by atoms with Gasteiger partial charge in [0.25, 0.3) is 0 Å². The van der Waals surface area contributed by atoms with Crippen molar-refractivity contribution >= 4 is 54.7 Å². The summed E-state index contributed by atoms with van der Waals surface area (Å²) in [5, 5.41) is 13.1. The summed E-state index contributed by atoms with van der Waals surface area (Å²) in [6, 6.07) is 58.5. The molecule has 66 heavy (non-hydrogen) atoms. The van der Waals surface area contributed by atoms with Crippen LogP contribution in [0.2, 0.25) is 0 Å². The van der Waals surface area contributed by atoms with Gasteiger partial charge in [-0.3, -0.25) is 0 Å². The van der Waals surface area contributed by atoms with Crippen LogP contribution in [0.1, 0.15) is 82.6 Å². The molecule has 0 heteroatoms. The number of hydrogen-bond acceptors (Lipinski definition) is 0. The number of fused-ring (bicyclic) bond motifs is 2. The van der Waals surface area contributed by atoms with Crippen molar-refractivity contribution in [3.63, 3.8) is 0 Å². The molecule has 2 unspecified atom stereocenters. The van der Waals surface area contributed by atoms with Gasteiger partial charge in [0.15, 0.2) is 0 Å². The summed E-state index contributed by atoms with van der Waals surface area (Å²) in [6.45, 7) is 20.1. The minimum Gasteiger partial charge on any atom is -0.103 e. The molecule has 0 saturated heterocycles. The molecule has 9 aromatic rings. The lowest BCUT2D eigenvalue weighted by Gasteiger charge is -2.22. The molecule has 330 valence electrons. The zero-order valence-electron chi connectivity index (χ0n) is 40.4. The zero-order valence-corrected chi connectivity index (χ0v) is 40.4. The Morgan fingerprint density at radius 1 is 0.561 bits per heavy atom. The quantitative estimate of drug-likeness (QED) is 0.122. The molecule has 0 N–H and O–H groups in total. The Morgan fingerprint density at radius 2 is 1.18 bits per heavy atom. The van der Waals surface area contributed by atoms with Crippen molar-refractivity contribution in [2.75, 3.05) is 0 Å². The topological polar surface area (TPSA) is 0 Å². The number of allylic oxidation sites excluding steroid dienone is 7. The highest BCUT2D eigenvalue weighted by molar-refractivity contribution is 6.30. The average molecular weight is 859 g/mol. The summed E-state index contributed by atoms with van der Waals surface area (Å²) in [5.41, 5.74) is 11.9. The number of rotatable bonds is 4. The van der Waals surface area contributed by atoms with Crippen molar-refractivity contribution in [1.29, 1.82) is 0 Å². The first-order valence-electron chi connectivity index (χ1n) is 24.1. The van der Waals surface area contributed by atoms with Crippen LogP contribution >= 0.6 is 0 Å². The Hall–Kier alpha value is -7.02. The molecule has 0 saturated carbocycles. The fraction of sp³-hybridized carbons (Fsp3) is 0.182. The minimum atomic E-state index is 0.557. The van der Waals surface area contributed by atoms with E-state index in [0.29, 0.717) is 11.8 Å². The maximum atomic E-state index is 3.36. The van der Waals surface area contributed by atoms with Gasteiger partial charge in [-0.2, -0.15) is 0 Å². The molecule has 2 aliphatic rings. The maximum Gasteiger partial charge on any atom is 0.00839 e. The first-order chi connectivity index (χ1) is 32.4. The van der Waals surface area contributed by atoms with Crippen LogP contribution in [0.4, 0.5) is 0 Å². The van der Waals surface area contributed by atoms with Gasteiger partial charge in [-0.15, -0.1) is 6.58 Å². The van der Waals surface area contributed by atoms with Crippen molar-refractivity contribution in [3.05, 3.63) is 240 Å². The number of benzene rings is 9. The first-order valence-corrected chi connectivity index (χ1v) is 24.1. The fourth-order valence-corrected chi connectivity index (χ4v) is 9.52. The van der Waals surface area contributed by atoms with Crippen molar-refractivity contribution in [2.24, 2.45) is 5.92 Å². The van der Waals surface area contributed by atoms with Crippen LogP contribution in [-0.4, -0.2) is 0 Å². The Bertz CT molecular complexity index is 3290. The lowest BCUT2D eigenvalue weighted by Crippen LogP contribution is -2.26. The van der Waals surface area contributed by atoms with Crippen molar-refractivity contribution < 1.29 is 0 Å². The Labute approximate surface area is 394 Å². The van der Waals surface area contributed by atoms with E-state index in [-0.39, 0.29) is 0 Å². The van der Waals surface area contributed by atoms with Crippen LogP contribution in [-0.2, 0) is 0 Å². The van der Waals surface area contributed by atoms with E-state index < -0.39 is 0 Å². The maximum absolute atomic E-state index is 3.36. The van der Waals surface area contributed by atoms with E-state index >= 15 is 0 Å². The van der Waals surface area contributed by atoms with Crippen LogP contribution in [0.3, 0.4) is 0 Å². The molecule has 0 bridgehead atoms. The standard InChI is InChI=1S/C44H30.C14H16.C3H8.C3H6.C2H6/c1-28-17-19-31(20-18-28)41-27-42(36-16-8-12-30-11-3-6-14-34(30)36)40-24-22-32-21-23-37(38-25-26-39(41)44(40)43(32)38)35-15-7-4-10-29-9-2-5-13-33(29)35;1-11-7-3-5-9-13(11)14-10-6-4-8-12(14)2;2*1-3-2;1-2/h2-14,16-27H,15H2,1H3;3-11,13H,1-2H3;3H2,1-2H3;3H,1H2,2H3;1-2H3. The molecule has 0 aromatic heterocycles. The van der Waals surface area contributed by atoms with Gasteiger partial charge in [0.1, 0.15) is 0 Å². The zero-order chi connectivity index (χ0) is 46.6. The summed E-state index contributed by atoms with van der Waals surface area (Å²) < 4.78 is 0. The molecule has 11 rings (SSSR count). The SMILES string of the molecule is C=CC.CC.CCC.Cc1ccc(-c2cc(-c3cccc4ccccc34)c3ccc4ccc(C5=c6ccccc6=CC=CC5)c5ccc2c3c45)cc1.Cc1ccccc1C1C=CC=CC1C. The minimum absolute atomic E-state index is 0.557. The molecule has 0 heterocycles. The number of hydrogen-bond donors (Lipinski definition) is 0. The molecular formula is C66H66. The van der Waals surface area contributed by atoms with E-state index in [1.807, 2.05) is 20.8 Å². The Balaban J connectivity index is 0.000000246. The fourth-order valence-electron chi connectivity index (χ4n) is 9.52. The van der Waals surface area contributed by atoms with Gasteiger partial charge < -0.3 is 0 Å². The van der Waals surface area contributed by atoms with E-state index in [0.717, 1.165) is 6.42 Å². The van der Waals surface area contributed by atoms with Crippen LogP contribution in [0.15, 0.2) is 207 Å². The number of aryl methyl sites for hydroxylation is 2. The highest BCUT2D eigenvalue weighted by atomic mass is 14.2. The van der Waals surface area contributed by atoms with E-state index in [2.05, 4.69) is 241 Å². The predicted molar refractivity (Wildman–Crippen MR) is 294 cm³/mol. The summed E-state index contributed by atoms with van der Waals surface area (Å²) in [4.78, 5) is 0. The van der Waals surface area contributed by atoms with E-state index in [4.69, 9.17) is 0 Å². The monoisotopic (exact) mass is 859 g/mol. The molecule has 0 fully saturated rings. The molecule has 0 spiro atoms. The van der Waals surface area contributed by atoms with Crippen LogP contribution < -0.4 is 10.4 Å². The van der Waals surface area contributed by atoms with Gasteiger partial charge in [0, 0.05) is 5.92 Å². The van der Waals surface area contributed by atoms with Crippen LogP contribution in [0.25, 0.3) is 77.0 Å². The second kappa shape index (κ2) is 22.3. The lowest BCUT2D eigenvalue weighted by molar-refractivity contribution is 0.632. The smallest absolute Gasteiger partial charge is 0.00839 e. The van der Waals surface area contributed by atoms with Gasteiger partial charge >= 0.3 is 0 Å². The Morgan fingerprint density at radius 3 is 1.94 bits per heavy atom. The molecule has 0 nitrogen and oxygen atoms in total. The van der Waals surface area contributed by atoms with Crippen LogP contribution in [0.5, 0.6) is 0 Å². The molecule has 0 amide bonds. The molecule has 2 atom stereocenters. The van der Waals surface area contributed by atoms with Gasteiger partial charge in [-0.25, -0.2) is 0 Å². The molecule has 9 aromatic carbocycles. The largest absolute Gasteiger partial charge is 0.103 e. The summed E-state index contributed by atoms with van der Waals surface area (Å²) in [6.07, 6.45) is 19.5. The summed E-state index contributed by atoms with van der Waals surface area (Å²) >= 11 is 0. The molecule has 2 aliphatic carbocycles. The normalized spacial score (nSPS) is 14.6. The molecular weight excluding hydrogens is 793 g/mol. The average Bonchev–Trinajstić information content (AvgIpc) is 3.58. The summed E-state index contributed by atoms with van der Waals surface area (Å²) in [5.74, 6) is 1.17. The second-order valence-electron chi connectivity index (χ2n) is 17.2. The predicted octanol–water partition coefficient (Wildman–Crippen LogP) is 17.8. The second-order valence-corrected chi connectivity index (χ2v) is 17.2. The highest BCUT2D eigenvalue weighted by Gasteiger charge is 2.20. The lowest BCUT2D eigenvalue weighted by atomic mass is 9.82. The first kappa shape index (κ1) is 47.0.